The first-order chi connectivity index (χ1) is 12.7. The molecule has 6 nitrogen and oxygen atoms in total. The lowest BCUT2D eigenvalue weighted by Crippen LogP contribution is -2.27. The van der Waals surface area contributed by atoms with Crippen LogP contribution in [0.5, 0.6) is 0 Å². The zero-order valence-electron chi connectivity index (χ0n) is 15.7. The Kier molecular flexibility index (Phi) is 5.08. The van der Waals surface area contributed by atoms with E-state index in [2.05, 4.69) is 5.10 Å². The Morgan fingerprint density at radius 3 is 2.48 bits per heavy atom. The van der Waals surface area contributed by atoms with Crippen LogP contribution in [-0.4, -0.2) is 25.1 Å². The lowest BCUT2D eigenvalue weighted by molar-refractivity contribution is 0.112. The van der Waals surface area contributed by atoms with Gasteiger partial charge in [0, 0.05) is 11.8 Å². The van der Waals surface area contributed by atoms with E-state index in [0.29, 0.717) is 5.69 Å². The van der Waals surface area contributed by atoms with Gasteiger partial charge in [-0.15, -0.1) is 0 Å². The van der Waals surface area contributed by atoms with Gasteiger partial charge >= 0.3 is 0 Å². The SMILES string of the molecule is COC=Cc1c(C(C)(C)OS(=O)(=O)c2ccc(C)cc2)nn2ccccc12. The van der Waals surface area contributed by atoms with Crippen LogP contribution in [0.1, 0.15) is 30.7 Å². The lowest BCUT2D eigenvalue weighted by atomic mass is 10.0. The molecule has 0 aliphatic heterocycles. The largest absolute Gasteiger partial charge is 0.504 e. The zero-order valence-corrected chi connectivity index (χ0v) is 16.5. The van der Waals surface area contributed by atoms with Gasteiger partial charge in [-0.25, -0.2) is 4.52 Å². The van der Waals surface area contributed by atoms with Crippen molar-refractivity contribution in [2.24, 2.45) is 0 Å². The van der Waals surface area contributed by atoms with Crippen LogP contribution in [0.15, 0.2) is 59.8 Å². The van der Waals surface area contributed by atoms with Gasteiger partial charge < -0.3 is 4.74 Å². The van der Waals surface area contributed by atoms with Crippen LogP contribution in [0.3, 0.4) is 0 Å². The van der Waals surface area contributed by atoms with Crippen LogP contribution in [-0.2, 0) is 24.6 Å². The fraction of sp³-hybridized carbons (Fsp3) is 0.250. The molecule has 0 unspecified atom stereocenters. The van der Waals surface area contributed by atoms with Gasteiger partial charge in [0.15, 0.2) is 0 Å². The molecular weight excluding hydrogens is 364 g/mol. The normalized spacial score (nSPS) is 12.7. The van der Waals surface area contributed by atoms with Crippen molar-refractivity contribution in [2.75, 3.05) is 7.11 Å². The minimum atomic E-state index is -3.96. The number of hydrogen-bond acceptors (Lipinski definition) is 5. The van der Waals surface area contributed by atoms with Crippen LogP contribution < -0.4 is 0 Å². The molecule has 142 valence electrons. The maximum absolute atomic E-state index is 12.8. The van der Waals surface area contributed by atoms with Gasteiger partial charge in [-0.05, 0) is 51.1 Å². The molecule has 0 saturated heterocycles. The highest BCUT2D eigenvalue weighted by Gasteiger charge is 2.34. The number of benzene rings is 1. The van der Waals surface area contributed by atoms with Crippen molar-refractivity contribution in [3.05, 3.63) is 71.7 Å². The van der Waals surface area contributed by atoms with E-state index in [1.54, 1.807) is 49.9 Å². The molecule has 0 spiro atoms. The molecule has 0 radical (unpaired) electrons. The van der Waals surface area contributed by atoms with Gasteiger partial charge in [-0.2, -0.15) is 13.5 Å². The molecular formula is C20H22N2O4S. The third kappa shape index (κ3) is 3.89. The first kappa shape index (κ1) is 19.1. The van der Waals surface area contributed by atoms with E-state index < -0.39 is 15.7 Å². The molecule has 0 bridgehead atoms. The Morgan fingerprint density at radius 2 is 1.81 bits per heavy atom. The summed E-state index contributed by atoms with van der Waals surface area (Å²) in [6, 6.07) is 12.2. The van der Waals surface area contributed by atoms with Gasteiger partial charge in [0.2, 0.25) is 0 Å². The number of aryl methyl sites for hydroxylation is 1. The number of fused-ring (bicyclic) bond motifs is 1. The molecule has 2 heterocycles. The first-order valence-corrected chi connectivity index (χ1v) is 9.85. The Bertz CT molecular complexity index is 1080. The van der Waals surface area contributed by atoms with E-state index in [1.807, 2.05) is 25.1 Å². The predicted molar refractivity (Wildman–Crippen MR) is 104 cm³/mol. The smallest absolute Gasteiger partial charge is 0.297 e. The highest BCUT2D eigenvalue weighted by molar-refractivity contribution is 7.86. The Balaban J connectivity index is 2.06. The van der Waals surface area contributed by atoms with Crippen LogP contribution >= 0.6 is 0 Å². The molecule has 3 rings (SSSR count). The highest BCUT2D eigenvalue weighted by atomic mass is 32.2. The van der Waals surface area contributed by atoms with Gasteiger partial charge in [-0.1, -0.05) is 23.8 Å². The van der Waals surface area contributed by atoms with E-state index in [9.17, 15) is 8.42 Å². The van der Waals surface area contributed by atoms with Crippen LogP contribution in [0, 0.1) is 6.92 Å². The third-order valence-electron chi connectivity index (χ3n) is 4.15. The second kappa shape index (κ2) is 7.17. The summed E-state index contributed by atoms with van der Waals surface area (Å²) in [4.78, 5) is 0.110. The maximum atomic E-state index is 12.8. The maximum Gasteiger partial charge on any atom is 0.297 e. The van der Waals surface area contributed by atoms with Crippen molar-refractivity contribution in [1.82, 2.24) is 9.61 Å². The number of hydrogen-bond donors (Lipinski definition) is 0. The summed E-state index contributed by atoms with van der Waals surface area (Å²) >= 11 is 0. The standard InChI is InChI=1S/C20H22N2O4S/c1-15-8-10-16(11-9-15)27(23,24)26-20(2,3)19-17(12-14-25-4)18-7-5-6-13-22(18)21-19/h5-14H,1-4H3. The van der Waals surface area contributed by atoms with Gasteiger partial charge in [0.1, 0.15) is 11.3 Å². The molecule has 0 N–H and O–H groups in total. The molecule has 2 aromatic heterocycles. The number of ether oxygens (including phenoxy) is 1. The molecule has 27 heavy (non-hydrogen) atoms. The molecule has 0 amide bonds. The zero-order chi connectivity index (χ0) is 19.7. The predicted octanol–water partition coefficient (Wildman–Crippen LogP) is 3.90. The van der Waals surface area contributed by atoms with Crippen molar-refractivity contribution in [3.63, 3.8) is 0 Å². The summed E-state index contributed by atoms with van der Waals surface area (Å²) in [5.74, 6) is 0. The molecule has 0 atom stereocenters. The summed E-state index contributed by atoms with van der Waals surface area (Å²) in [6.07, 6.45) is 5.08. The second-order valence-electron chi connectivity index (χ2n) is 6.69. The fourth-order valence-corrected chi connectivity index (χ4v) is 4.02. The minimum absolute atomic E-state index is 0.110. The van der Waals surface area contributed by atoms with Crippen LogP contribution in [0.25, 0.3) is 11.6 Å². The van der Waals surface area contributed by atoms with Gasteiger partial charge in [0.05, 0.1) is 23.8 Å². The minimum Gasteiger partial charge on any atom is -0.504 e. The molecule has 0 fully saturated rings. The summed E-state index contributed by atoms with van der Waals surface area (Å²) in [6.45, 7) is 5.27. The molecule has 3 aromatic rings. The van der Waals surface area contributed by atoms with Crippen molar-refractivity contribution >= 4 is 21.7 Å². The second-order valence-corrected chi connectivity index (χ2v) is 8.24. The van der Waals surface area contributed by atoms with Gasteiger partial charge in [-0.3, -0.25) is 4.18 Å². The summed E-state index contributed by atoms with van der Waals surface area (Å²) < 4.78 is 37.9. The van der Waals surface area contributed by atoms with E-state index >= 15 is 0 Å². The summed E-state index contributed by atoms with van der Waals surface area (Å²) in [5, 5.41) is 4.55. The van der Waals surface area contributed by atoms with Crippen LogP contribution in [0.4, 0.5) is 0 Å². The molecule has 0 aliphatic carbocycles. The quantitative estimate of drug-likeness (QED) is 0.475. The fourth-order valence-electron chi connectivity index (χ4n) is 2.83. The Labute approximate surface area is 159 Å². The lowest BCUT2D eigenvalue weighted by Gasteiger charge is -2.23. The average molecular weight is 386 g/mol. The Hall–Kier alpha value is -2.64. The van der Waals surface area contributed by atoms with Crippen molar-refractivity contribution in [2.45, 2.75) is 31.3 Å². The van der Waals surface area contributed by atoms with Crippen LogP contribution in [0.2, 0.25) is 0 Å². The van der Waals surface area contributed by atoms with Crippen molar-refractivity contribution < 1.29 is 17.3 Å². The van der Waals surface area contributed by atoms with Crippen molar-refractivity contribution in [3.8, 4) is 0 Å². The topological polar surface area (TPSA) is 69.9 Å². The highest BCUT2D eigenvalue weighted by Crippen LogP contribution is 2.33. The number of rotatable bonds is 6. The Morgan fingerprint density at radius 1 is 1.11 bits per heavy atom. The number of pyridine rings is 1. The van der Waals surface area contributed by atoms with E-state index in [0.717, 1.165) is 16.6 Å². The summed E-state index contributed by atoms with van der Waals surface area (Å²) in [5.41, 5.74) is 1.84. The van der Waals surface area contributed by atoms with E-state index in [1.165, 1.54) is 18.4 Å². The molecule has 7 heteroatoms. The monoisotopic (exact) mass is 386 g/mol. The molecule has 1 aromatic carbocycles. The number of aromatic nitrogens is 2. The van der Waals surface area contributed by atoms with Crippen molar-refractivity contribution in [1.29, 1.82) is 0 Å². The summed E-state index contributed by atoms with van der Waals surface area (Å²) in [7, 11) is -2.42. The molecule has 0 saturated carbocycles. The number of methoxy groups -OCH3 is 1. The average Bonchev–Trinajstić information content (AvgIpc) is 2.99. The van der Waals surface area contributed by atoms with E-state index in [4.69, 9.17) is 8.92 Å². The van der Waals surface area contributed by atoms with Gasteiger partial charge in [0.25, 0.3) is 10.1 Å². The van der Waals surface area contributed by atoms with E-state index in [-0.39, 0.29) is 4.90 Å². The third-order valence-corrected chi connectivity index (χ3v) is 5.63. The molecule has 0 aliphatic rings. The first-order valence-electron chi connectivity index (χ1n) is 8.44. The number of nitrogens with zero attached hydrogens (tertiary/aromatic N) is 2.